The van der Waals surface area contributed by atoms with Crippen LogP contribution in [0.3, 0.4) is 0 Å². The Balaban J connectivity index is 2.06. The molecule has 1 heterocycles. The maximum atomic E-state index is 10.7. The van der Waals surface area contributed by atoms with Gasteiger partial charge in [-0.2, -0.15) is 15.0 Å². The van der Waals surface area contributed by atoms with Gasteiger partial charge in [0.25, 0.3) is 0 Å². The fourth-order valence-corrected chi connectivity index (χ4v) is 2.07. The molecule has 0 aliphatic rings. The topological polar surface area (TPSA) is 120 Å². The van der Waals surface area contributed by atoms with Crippen LogP contribution in [0.15, 0.2) is 30.3 Å². The molecule has 20 heavy (non-hydrogen) atoms. The molecule has 0 saturated heterocycles. The molecule has 8 heteroatoms. The molecule has 0 aliphatic carbocycles. The molecule has 2 aromatic rings. The van der Waals surface area contributed by atoms with Crippen LogP contribution in [-0.2, 0) is 10.5 Å². The lowest BCUT2D eigenvalue weighted by atomic mass is 10.3. The maximum absolute atomic E-state index is 10.7. The van der Waals surface area contributed by atoms with Crippen molar-refractivity contribution >= 4 is 35.3 Å². The van der Waals surface area contributed by atoms with E-state index in [1.54, 1.807) is 0 Å². The number of nitrogens with one attached hydrogen (secondary N) is 1. The lowest BCUT2D eigenvalue weighted by molar-refractivity contribution is -0.115. The van der Waals surface area contributed by atoms with Gasteiger partial charge in [0.1, 0.15) is 5.82 Å². The van der Waals surface area contributed by atoms with E-state index in [0.717, 1.165) is 5.69 Å². The van der Waals surface area contributed by atoms with Crippen LogP contribution in [0.25, 0.3) is 0 Å². The van der Waals surface area contributed by atoms with Gasteiger partial charge in [-0.3, -0.25) is 4.79 Å². The summed E-state index contributed by atoms with van der Waals surface area (Å²) < 4.78 is 0. The van der Waals surface area contributed by atoms with Crippen LogP contribution in [0.5, 0.6) is 0 Å². The number of nitrogens with zero attached hydrogens (tertiary/aromatic N) is 3. The lowest BCUT2D eigenvalue weighted by Gasteiger charge is -2.06. The van der Waals surface area contributed by atoms with Gasteiger partial charge in [-0.25, -0.2) is 0 Å². The Morgan fingerprint density at radius 1 is 1.20 bits per heavy atom. The van der Waals surface area contributed by atoms with Crippen molar-refractivity contribution in [3.8, 4) is 0 Å². The van der Waals surface area contributed by atoms with Gasteiger partial charge in [-0.05, 0) is 12.1 Å². The van der Waals surface area contributed by atoms with Gasteiger partial charge in [-0.15, -0.1) is 11.8 Å². The van der Waals surface area contributed by atoms with Crippen molar-refractivity contribution in [2.75, 3.05) is 16.8 Å². The number of carbonyl (C=O) groups is 1. The molecule has 0 radical (unpaired) electrons. The Kier molecular flexibility index (Phi) is 4.72. The zero-order valence-electron chi connectivity index (χ0n) is 10.6. The SMILES string of the molecule is NC(=O)CSCc1nc(N)nc(Nc2ccccc2)n1. The van der Waals surface area contributed by atoms with Gasteiger partial charge in [0, 0.05) is 5.69 Å². The first kappa shape index (κ1) is 14.1. The van der Waals surface area contributed by atoms with Crippen molar-refractivity contribution in [1.82, 2.24) is 15.0 Å². The van der Waals surface area contributed by atoms with E-state index >= 15 is 0 Å². The number of hydrogen-bond acceptors (Lipinski definition) is 7. The molecule has 104 valence electrons. The lowest BCUT2D eigenvalue weighted by Crippen LogP contribution is -2.13. The maximum Gasteiger partial charge on any atom is 0.232 e. The Bertz CT molecular complexity index is 592. The molecule has 0 spiro atoms. The summed E-state index contributed by atoms with van der Waals surface area (Å²) in [5, 5.41) is 3.04. The van der Waals surface area contributed by atoms with E-state index in [2.05, 4.69) is 20.3 Å². The average molecular weight is 290 g/mol. The van der Waals surface area contributed by atoms with E-state index in [0.29, 0.717) is 17.5 Å². The van der Waals surface area contributed by atoms with Gasteiger partial charge < -0.3 is 16.8 Å². The summed E-state index contributed by atoms with van der Waals surface area (Å²) in [5.74, 6) is 1.29. The molecule has 0 fully saturated rings. The smallest absolute Gasteiger partial charge is 0.232 e. The summed E-state index contributed by atoms with van der Waals surface area (Å²) in [4.78, 5) is 22.9. The normalized spacial score (nSPS) is 10.2. The van der Waals surface area contributed by atoms with E-state index in [1.807, 2.05) is 30.3 Å². The number of amides is 1. The van der Waals surface area contributed by atoms with Crippen LogP contribution in [0.1, 0.15) is 5.82 Å². The first-order valence-electron chi connectivity index (χ1n) is 5.82. The second kappa shape index (κ2) is 6.71. The molecule has 0 saturated carbocycles. The molecule has 5 N–H and O–H groups in total. The number of carbonyl (C=O) groups excluding carboxylic acids is 1. The van der Waals surface area contributed by atoms with Crippen LogP contribution in [0.2, 0.25) is 0 Å². The summed E-state index contributed by atoms with van der Waals surface area (Å²) in [7, 11) is 0. The van der Waals surface area contributed by atoms with Gasteiger partial charge >= 0.3 is 0 Å². The number of hydrogen-bond donors (Lipinski definition) is 3. The van der Waals surface area contributed by atoms with Crippen LogP contribution in [0.4, 0.5) is 17.6 Å². The predicted octanol–water partition coefficient (Wildman–Crippen LogP) is 0.916. The molecular formula is C12H14N6OS. The quantitative estimate of drug-likeness (QED) is 0.723. The largest absolute Gasteiger partial charge is 0.369 e. The van der Waals surface area contributed by atoms with E-state index in [-0.39, 0.29) is 17.6 Å². The molecule has 1 aromatic heterocycles. The van der Waals surface area contributed by atoms with Crippen molar-refractivity contribution in [3.63, 3.8) is 0 Å². The molecule has 7 nitrogen and oxygen atoms in total. The number of primary amides is 1. The van der Waals surface area contributed by atoms with E-state index < -0.39 is 0 Å². The Morgan fingerprint density at radius 2 is 1.95 bits per heavy atom. The first-order valence-corrected chi connectivity index (χ1v) is 6.97. The van der Waals surface area contributed by atoms with Gasteiger partial charge in [-0.1, -0.05) is 18.2 Å². The highest BCUT2D eigenvalue weighted by Gasteiger charge is 2.06. The van der Waals surface area contributed by atoms with Crippen LogP contribution >= 0.6 is 11.8 Å². The second-order valence-corrected chi connectivity index (χ2v) is 4.87. The Morgan fingerprint density at radius 3 is 2.65 bits per heavy atom. The number of para-hydroxylation sites is 1. The number of nitrogen functional groups attached to an aromatic ring is 1. The highest BCUT2D eigenvalue weighted by molar-refractivity contribution is 7.99. The average Bonchev–Trinajstić information content (AvgIpc) is 2.38. The van der Waals surface area contributed by atoms with Gasteiger partial charge in [0.05, 0.1) is 11.5 Å². The molecule has 0 bridgehead atoms. The Hall–Kier alpha value is -2.35. The van der Waals surface area contributed by atoms with Crippen LogP contribution in [-0.4, -0.2) is 26.6 Å². The Labute approximate surface area is 120 Å². The molecule has 0 aliphatic heterocycles. The van der Waals surface area contributed by atoms with Gasteiger partial charge in [0.2, 0.25) is 17.8 Å². The molecular weight excluding hydrogens is 276 g/mol. The van der Waals surface area contributed by atoms with Gasteiger partial charge in [0.15, 0.2) is 0 Å². The molecule has 0 atom stereocenters. The van der Waals surface area contributed by atoms with Crippen LogP contribution in [0, 0.1) is 0 Å². The van der Waals surface area contributed by atoms with E-state index in [1.165, 1.54) is 11.8 Å². The highest BCUT2D eigenvalue weighted by atomic mass is 32.2. The fourth-order valence-electron chi connectivity index (χ4n) is 1.45. The zero-order chi connectivity index (χ0) is 14.4. The van der Waals surface area contributed by atoms with Crippen molar-refractivity contribution < 1.29 is 4.79 Å². The van der Waals surface area contributed by atoms with Crippen molar-refractivity contribution in [2.24, 2.45) is 5.73 Å². The first-order chi connectivity index (χ1) is 9.63. The third-order valence-electron chi connectivity index (χ3n) is 2.20. The van der Waals surface area contributed by atoms with Crippen molar-refractivity contribution in [2.45, 2.75) is 5.75 Å². The summed E-state index contributed by atoms with van der Waals surface area (Å²) in [6.45, 7) is 0. The summed E-state index contributed by atoms with van der Waals surface area (Å²) >= 11 is 1.33. The minimum Gasteiger partial charge on any atom is -0.369 e. The summed E-state index contributed by atoms with van der Waals surface area (Å²) in [6.07, 6.45) is 0. The monoisotopic (exact) mass is 290 g/mol. The third-order valence-corrected chi connectivity index (χ3v) is 3.16. The highest BCUT2D eigenvalue weighted by Crippen LogP contribution is 2.14. The summed E-state index contributed by atoms with van der Waals surface area (Å²) in [6, 6.07) is 9.49. The predicted molar refractivity (Wildman–Crippen MR) is 79.3 cm³/mol. The van der Waals surface area contributed by atoms with E-state index in [9.17, 15) is 4.79 Å². The molecule has 1 aromatic carbocycles. The van der Waals surface area contributed by atoms with E-state index in [4.69, 9.17) is 11.5 Å². The number of rotatable bonds is 6. The molecule has 0 unspecified atom stereocenters. The molecule has 2 rings (SSSR count). The number of thioether (sulfide) groups is 1. The van der Waals surface area contributed by atoms with Crippen molar-refractivity contribution in [3.05, 3.63) is 36.2 Å². The minimum atomic E-state index is -0.375. The second-order valence-electron chi connectivity index (χ2n) is 3.88. The molecule has 1 amide bonds. The number of anilines is 3. The standard InChI is InChI=1S/C12H14N6OS/c13-9(19)6-20-7-10-16-11(14)18-12(17-10)15-8-4-2-1-3-5-8/h1-5H,6-7H2,(H2,13,19)(H3,14,15,16,17,18). The fraction of sp³-hybridized carbons (Fsp3) is 0.167. The number of nitrogens with two attached hydrogens (primary N) is 2. The van der Waals surface area contributed by atoms with Crippen molar-refractivity contribution in [1.29, 1.82) is 0 Å². The number of aromatic nitrogens is 3. The van der Waals surface area contributed by atoms with Crippen LogP contribution < -0.4 is 16.8 Å². The third kappa shape index (κ3) is 4.39. The zero-order valence-corrected chi connectivity index (χ0v) is 11.4. The minimum absolute atomic E-state index is 0.133. The summed E-state index contributed by atoms with van der Waals surface area (Å²) in [5.41, 5.74) is 11.6. The number of benzene rings is 1.